The third-order valence-corrected chi connectivity index (χ3v) is 4.96. The zero-order chi connectivity index (χ0) is 17.1. The van der Waals surface area contributed by atoms with Crippen LogP contribution in [0, 0.1) is 0 Å². The Bertz CT molecular complexity index is 737. The van der Waals surface area contributed by atoms with Crippen molar-refractivity contribution < 1.29 is 9.53 Å². The van der Waals surface area contributed by atoms with E-state index >= 15 is 0 Å². The number of nitrogens with zero attached hydrogens (tertiary/aromatic N) is 2. The van der Waals surface area contributed by atoms with Crippen LogP contribution in [0.1, 0.15) is 48.5 Å². The van der Waals surface area contributed by atoms with Crippen molar-refractivity contribution in [2.24, 2.45) is 0 Å². The Hall–Kier alpha value is -2.05. The fraction of sp³-hybridized carbons (Fsp3) is 0.474. The van der Waals surface area contributed by atoms with Crippen molar-refractivity contribution in [3.05, 3.63) is 42.1 Å². The first-order valence-corrected chi connectivity index (χ1v) is 9.12. The number of rotatable bonds is 5. The lowest BCUT2D eigenvalue weighted by atomic mass is 10.2. The Morgan fingerprint density at radius 1 is 1.23 bits per heavy atom. The molecular formula is C19H25ClN4O2. The molecule has 1 aromatic carbocycles. The van der Waals surface area contributed by atoms with Crippen LogP contribution in [0.4, 0.5) is 5.82 Å². The summed E-state index contributed by atoms with van der Waals surface area (Å²) in [6.07, 6.45) is 7.93. The fourth-order valence-electron chi connectivity index (χ4n) is 3.57. The molecule has 2 aliphatic rings. The summed E-state index contributed by atoms with van der Waals surface area (Å²) in [7, 11) is 0. The van der Waals surface area contributed by atoms with E-state index in [0.29, 0.717) is 17.4 Å². The Morgan fingerprint density at radius 2 is 2.08 bits per heavy atom. The van der Waals surface area contributed by atoms with Gasteiger partial charge >= 0.3 is 0 Å². The van der Waals surface area contributed by atoms with Gasteiger partial charge in [0.15, 0.2) is 5.82 Å². The fourth-order valence-corrected chi connectivity index (χ4v) is 3.57. The van der Waals surface area contributed by atoms with Crippen LogP contribution in [0.5, 0.6) is 5.75 Å². The molecule has 2 aromatic rings. The van der Waals surface area contributed by atoms with Gasteiger partial charge in [0.05, 0.1) is 12.1 Å². The molecule has 7 heteroatoms. The Kier molecular flexibility index (Phi) is 6.16. The van der Waals surface area contributed by atoms with Crippen LogP contribution in [0.25, 0.3) is 0 Å². The summed E-state index contributed by atoms with van der Waals surface area (Å²) in [5.41, 5.74) is 0.590. The van der Waals surface area contributed by atoms with E-state index in [9.17, 15) is 4.79 Å². The van der Waals surface area contributed by atoms with Crippen molar-refractivity contribution in [1.82, 2.24) is 15.1 Å². The normalized spacial score (nSPS) is 19.9. The quantitative estimate of drug-likeness (QED) is 0.839. The average molecular weight is 377 g/mol. The number of hydrogen-bond donors (Lipinski definition) is 2. The van der Waals surface area contributed by atoms with E-state index < -0.39 is 0 Å². The maximum absolute atomic E-state index is 12.5. The number of ether oxygens (including phenoxy) is 1. The number of carbonyl (C=O) groups excluding carboxylic acids is 1. The summed E-state index contributed by atoms with van der Waals surface area (Å²) in [6.45, 7) is 1.94. The van der Waals surface area contributed by atoms with Crippen molar-refractivity contribution in [3.63, 3.8) is 0 Å². The topological polar surface area (TPSA) is 68.2 Å². The van der Waals surface area contributed by atoms with Gasteiger partial charge in [0.25, 0.3) is 5.91 Å². The van der Waals surface area contributed by atoms with Crippen molar-refractivity contribution >= 4 is 24.1 Å². The molecule has 1 saturated heterocycles. The first kappa shape index (κ1) is 18.7. The van der Waals surface area contributed by atoms with Gasteiger partial charge in [0.2, 0.25) is 0 Å². The Balaban J connectivity index is 0.00000196. The summed E-state index contributed by atoms with van der Waals surface area (Å²) < 4.78 is 7.91. The molecular weight excluding hydrogens is 352 g/mol. The molecule has 0 bridgehead atoms. The molecule has 1 atom stereocenters. The van der Waals surface area contributed by atoms with Gasteiger partial charge in [-0.1, -0.05) is 6.07 Å². The van der Waals surface area contributed by atoms with E-state index in [4.69, 9.17) is 4.74 Å². The first-order chi connectivity index (χ1) is 12.3. The van der Waals surface area contributed by atoms with Crippen LogP contribution in [-0.2, 0) is 0 Å². The van der Waals surface area contributed by atoms with Gasteiger partial charge in [0.1, 0.15) is 5.75 Å². The third-order valence-electron chi connectivity index (χ3n) is 4.96. The number of nitrogens with one attached hydrogen (secondary N) is 2. The number of aromatic nitrogens is 2. The van der Waals surface area contributed by atoms with Crippen molar-refractivity contribution in [2.45, 2.75) is 44.2 Å². The minimum Gasteiger partial charge on any atom is -0.490 e. The predicted molar refractivity (Wildman–Crippen MR) is 103 cm³/mol. The molecule has 2 N–H and O–H groups in total. The van der Waals surface area contributed by atoms with Crippen molar-refractivity contribution in [3.8, 4) is 5.75 Å². The van der Waals surface area contributed by atoms with E-state index in [1.54, 1.807) is 6.07 Å². The molecule has 2 fully saturated rings. The summed E-state index contributed by atoms with van der Waals surface area (Å²) in [4.78, 5) is 12.5. The smallest absolute Gasteiger partial charge is 0.256 e. The summed E-state index contributed by atoms with van der Waals surface area (Å²) in [5.74, 6) is 1.19. The number of hydrogen-bond acceptors (Lipinski definition) is 4. The molecule has 1 unspecified atom stereocenters. The van der Waals surface area contributed by atoms with E-state index in [2.05, 4.69) is 15.7 Å². The second-order valence-corrected chi connectivity index (χ2v) is 6.83. The molecule has 0 radical (unpaired) electrons. The highest BCUT2D eigenvalue weighted by Gasteiger charge is 2.19. The molecule has 1 saturated carbocycles. The minimum absolute atomic E-state index is 0. The Morgan fingerprint density at radius 3 is 2.85 bits per heavy atom. The monoisotopic (exact) mass is 376 g/mol. The molecule has 1 aromatic heterocycles. The highest BCUT2D eigenvalue weighted by molar-refractivity contribution is 6.03. The first-order valence-electron chi connectivity index (χ1n) is 9.12. The highest BCUT2D eigenvalue weighted by Crippen LogP contribution is 2.25. The van der Waals surface area contributed by atoms with Gasteiger partial charge < -0.3 is 15.4 Å². The lowest BCUT2D eigenvalue weighted by molar-refractivity contribution is 0.102. The van der Waals surface area contributed by atoms with Crippen LogP contribution >= 0.6 is 12.4 Å². The molecule has 140 valence electrons. The van der Waals surface area contributed by atoms with Crippen LogP contribution in [0.15, 0.2) is 36.5 Å². The average Bonchev–Trinajstić information content (AvgIpc) is 3.37. The molecule has 1 aliphatic carbocycles. The minimum atomic E-state index is -0.160. The molecule has 1 aliphatic heterocycles. The molecule has 4 rings (SSSR count). The zero-order valence-electron chi connectivity index (χ0n) is 14.7. The van der Waals surface area contributed by atoms with Gasteiger partial charge in [-0.25, -0.2) is 0 Å². The molecule has 2 heterocycles. The largest absolute Gasteiger partial charge is 0.490 e. The van der Waals surface area contributed by atoms with E-state index in [0.717, 1.165) is 38.1 Å². The van der Waals surface area contributed by atoms with Gasteiger partial charge in [0, 0.05) is 24.4 Å². The Labute approximate surface area is 159 Å². The maximum atomic E-state index is 12.5. The molecule has 1 amide bonds. The van der Waals surface area contributed by atoms with Crippen LogP contribution < -0.4 is 15.4 Å². The van der Waals surface area contributed by atoms with Gasteiger partial charge in [-0.05, 0) is 56.8 Å². The van der Waals surface area contributed by atoms with Crippen molar-refractivity contribution in [2.75, 3.05) is 18.4 Å². The number of carbonyl (C=O) groups is 1. The molecule has 0 spiro atoms. The lowest BCUT2D eigenvalue weighted by Crippen LogP contribution is -2.16. The highest BCUT2D eigenvalue weighted by atomic mass is 35.5. The van der Waals surface area contributed by atoms with Crippen LogP contribution in [-0.4, -0.2) is 34.9 Å². The van der Waals surface area contributed by atoms with E-state index in [1.807, 2.05) is 35.1 Å². The summed E-state index contributed by atoms with van der Waals surface area (Å²) in [5, 5.41) is 10.7. The summed E-state index contributed by atoms with van der Waals surface area (Å²) in [6, 6.07) is 9.60. The van der Waals surface area contributed by atoms with Crippen LogP contribution in [0.3, 0.4) is 0 Å². The zero-order valence-corrected chi connectivity index (χ0v) is 15.5. The van der Waals surface area contributed by atoms with E-state index in [-0.39, 0.29) is 24.4 Å². The van der Waals surface area contributed by atoms with Gasteiger partial charge in [-0.15, -0.1) is 12.4 Å². The molecule has 26 heavy (non-hydrogen) atoms. The number of amides is 1. The SMILES string of the molecule is Cl.O=C(Nc1ccn(C2CCNC2)n1)c1cccc(OC2CCCC2)c1. The summed E-state index contributed by atoms with van der Waals surface area (Å²) >= 11 is 0. The van der Waals surface area contributed by atoms with Gasteiger partial charge in [-0.2, -0.15) is 5.10 Å². The van der Waals surface area contributed by atoms with E-state index in [1.165, 1.54) is 12.8 Å². The lowest BCUT2D eigenvalue weighted by Gasteiger charge is -2.13. The number of anilines is 1. The predicted octanol–water partition coefficient (Wildman–Crippen LogP) is 3.41. The maximum Gasteiger partial charge on any atom is 0.256 e. The number of halogens is 1. The van der Waals surface area contributed by atoms with Crippen LogP contribution in [0.2, 0.25) is 0 Å². The van der Waals surface area contributed by atoms with Gasteiger partial charge in [-0.3, -0.25) is 9.48 Å². The second kappa shape index (κ2) is 8.56. The second-order valence-electron chi connectivity index (χ2n) is 6.83. The third kappa shape index (κ3) is 4.37. The van der Waals surface area contributed by atoms with Crippen molar-refractivity contribution in [1.29, 1.82) is 0 Å². The number of benzene rings is 1. The standard InChI is InChI=1S/C19H24N4O2.ClH/c24-19(21-18-9-11-23(22-18)15-8-10-20-13-15)14-4-3-7-17(12-14)25-16-5-1-2-6-16;/h3-4,7,9,11-12,15-16,20H,1-2,5-6,8,10,13H2,(H,21,22,24);1H. The molecule has 6 nitrogen and oxygen atoms in total.